The van der Waals surface area contributed by atoms with E-state index in [0.717, 1.165) is 11.1 Å². The number of hydrogen-bond donors (Lipinski definition) is 1. The van der Waals surface area contributed by atoms with E-state index in [1.807, 2.05) is 19.1 Å². The van der Waals surface area contributed by atoms with E-state index in [0.29, 0.717) is 22.0 Å². The molecule has 0 radical (unpaired) electrons. The number of aryl methyl sites for hydroxylation is 1. The Morgan fingerprint density at radius 2 is 1.76 bits per heavy atom. The maximum absolute atomic E-state index is 13.3. The highest BCUT2D eigenvalue weighted by Gasteiger charge is 2.27. The van der Waals surface area contributed by atoms with Crippen LogP contribution in [0.2, 0.25) is 5.02 Å². The first kappa shape index (κ1) is 20.6. The van der Waals surface area contributed by atoms with E-state index in [9.17, 15) is 14.7 Å². The maximum Gasteiger partial charge on any atom is 0.304 e. The molecule has 0 saturated heterocycles. The van der Waals surface area contributed by atoms with Crippen LogP contribution in [0.25, 0.3) is 11.3 Å². The minimum absolute atomic E-state index is 0.185. The molecular formula is C23H20ClNO4. The molecule has 0 amide bonds. The van der Waals surface area contributed by atoms with Crippen molar-refractivity contribution < 1.29 is 19.4 Å². The second kappa shape index (κ2) is 8.88. The second-order valence-corrected chi connectivity index (χ2v) is 7.06. The normalized spacial score (nSPS) is 11.7. The summed E-state index contributed by atoms with van der Waals surface area (Å²) in [5.74, 6) is -1.71. The van der Waals surface area contributed by atoms with Crippen molar-refractivity contribution in [3.8, 4) is 17.0 Å². The van der Waals surface area contributed by atoms with Gasteiger partial charge in [-0.05, 0) is 42.3 Å². The molecule has 1 unspecified atom stereocenters. The molecule has 0 saturated carbocycles. The summed E-state index contributed by atoms with van der Waals surface area (Å²) in [4.78, 5) is 29.2. The zero-order valence-electron chi connectivity index (χ0n) is 16.1. The Balaban J connectivity index is 2.06. The first-order chi connectivity index (χ1) is 13.9. The number of aliphatic carboxylic acids is 1. The predicted molar refractivity (Wildman–Crippen MR) is 112 cm³/mol. The van der Waals surface area contributed by atoms with Crippen LogP contribution in [0.15, 0.2) is 60.7 Å². The lowest BCUT2D eigenvalue weighted by Gasteiger charge is -2.17. The number of ketones is 1. The minimum atomic E-state index is -1.04. The van der Waals surface area contributed by atoms with Gasteiger partial charge in [-0.2, -0.15) is 0 Å². The Morgan fingerprint density at radius 1 is 1.07 bits per heavy atom. The number of carboxylic acids is 1. The number of rotatable bonds is 7. The van der Waals surface area contributed by atoms with Gasteiger partial charge < -0.3 is 9.84 Å². The highest BCUT2D eigenvalue weighted by molar-refractivity contribution is 6.30. The van der Waals surface area contributed by atoms with E-state index in [1.54, 1.807) is 48.5 Å². The molecule has 1 aromatic heterocycles. The zero-order valence-corrected chi connectivity index (χ0v) is 16.8. The Bertz CT molecular complexity index is 1050. The number of carbonyl (C=O) groups is 2. The first-order valence-electron chi connectivity index (χ1n) is 9.03. The monoisotopic (exact) mass is 409 g/mol. The van der Waals surface area contributed by atoms with Gasteiger partial charge in [0, 0.05) is 10.6 Å². The summed E-state index contributed by atoms with van der Waals surface area (Å²) in [5.41, 5.74) is 2.97. The van der Waals surface area contributed by atoms with E-state index in [-0.39, 0.29) is 17.9 Å². The van der Waals surface area contributed by atoms with Gasteiger partial charge in [0.25, 0.3) is 0 Å². The number of halogens is 1. The van der Waals surface area contributed by atoms with Crippen LogP contribution in [0.4, 0.5) is 0 Å². The van der Waals surface area contributed by atoms with Crippen LogP contribution in [-0.2, 0) is 4.79 Å². The Labute approximate surface area is 173 Å². The molecule has 3 rings (SSSR count). The van der Waals surface area contributed by atoms with Gasteiger partial charge >= 0.3 is 5.97 Å². The number of carbonyl (C=O) groups excluding carboxylic acids is 1. The van der Waals surface area contributed by atoms with Crippen molar-refractivity contribution in [1.29, 1.82) is 0 Å². The Morgan fingerprint density at radius 3 is 2.38 bits per heavy atom. The van der Waals surface area contributed by atoms with Crippen LogP contribution < -0.4 is 4.74 Å². The van der Waals surface area contributed by atoms with E-state index >= 15 is 0 Å². The number of benzene rings is 2. The zero-order chi connectivity index (χ0) is 21.0. The lowest BCUT2D eigenvalue weighted by atomic mass is 9.87. The molecule has 0 aliphatic rings. The molecule has 0 fully saturated rings. The molecule has 6 heteroatoms. The average molecular weight is 410 g/mol. The highest BCUT2D eigenvalue weighted by atomic mass is 35.5. The predicted octanol–water partition coefficient (Wildman–Crippen LogP) is 5.16. The van der Waals surface area contributed by atoms with Crippen LogP contribution in [0.5, 0.6) is 5.75 Å². The smallest absolute Gasteiger partial charge is 0.304 e. The third-order valence-corrected chi connectivity index (χ3v) is 4.96. The van der Waals surface area contributed by atoms with Crippen molar-refractivity contribution in [3.63, 3.8) is 0 Å². The SMILES string of the molecule is COc1ccc(C(=O)C(CC(=O)O)c2ccccc2C)nc1-c1ccc(Cl)cc1. The fourth-order valence-corrected chi connectivity index (χ4v) is 3.36. The molecule has 1 heterocycles. The number of carboxylic acid groups (broad SMARTS) is 1. The number of pyridine rings is 1. The number of ether oxygens (including phenoxy) is 1. The fourth-order valence-electron chi connectivity index (χ4n) is 3.24. The molecule has 1 atom stereocenters. The third kappa shape index (κ3) is 4.63. The molecule has 0 spiro atoms. The summed E-state index contributed by atoms with van der Waals surface area (Å²) in [7, 11) is 1.53. The largest absolute Gasteiger partial charge is 0.494 e. The van der Waals surface area contributed by atoms with E-state index < -0.39 is 11.9 Å². The number of aromatic nitrogens is 1. The van der Waals surface area contributed by atoms with Crippen LogP contribution in [0, 0.1) is 6.92 Å². The van der Waals surface area contributed by atoms with Gasteiger partial charge in [-0.1, -0.05) is 48.0 Å². The third-order valence-electron chi connectivity index (χ3n) is 4.71. The van der Waals surface area contributed by atoms with Crippen molar-refractivity contribution in [2.45, 2.75) is 19.3 Å². The van der Waals surface area contributed by atoms with Crippen molar-refractivity contribution >= 4 is 23.4 Å². The topological polar surface area (TPSA) is 76.5 Å². The Hall–Kier alpha value is -3.18. The summed E-state index contributed by atoms with van der Waals surface area (Å²) in [6, 6.07) is 17.6. The fraction of sp³-hybridized carbons (Fsp3) is 0.174. The summed E-state index contributed by atoms with van der Waals surface area (Å²) in [6.07, 6.45) is -0.312. The van der Waals surface area contributed by atoms with Gasteiger partial charge in [-0.3, -0.25) is 9.59 Å². The van der Waals surface area contributed by atoms with E-state index in [4.69, 9.17) is 16.3 Å². The summed E-state index contributed by atoms with van der Waals surface area (Å²) in [6.45, 7) is 1.86. The van der Waals surface area contributed by atoms with E-state index in [1.165, 1.54) is 7.11 Å². The van der Waals surface area contributed by atoms with Gasteiger partial charge in [0.05, 0.1) is 19.4 Å². The molecule has 5 nitrogen and oxygen atoms in total. The summed E-state index contributed by atoms with van der Waals surface area (Å²) < 4.78 is 5.39. The van der Waals surface area contributed by atoms with Crippen LogP contribution >= 0.6 is 11.6 Å². The summed E-state index contributed by atoms with van der Waals surface area (Å²) >= 11 is 5.97. The number of nitrogens with zero attached hydrogens (tertiary/aromatic N) is 1. The second-order valence-electron chi connectivity index (χ2n) is 6.63. The van der Waals surface area contributed by atoms with Crippen molar-refractivity contribution in [1.82, 2.24) is 4.98 Å². The van der Waals surface area contributed by atoms with Crippen LogP contribution in [-0.4, -0.2) is 29.0 Å². The average Bonchev–Trinajstić information content (AvgIpc) is 2.72. The maximum atomic E-state index is 13.3. The molecule has 0 aliphatic carbocycles. The Kier molecular flexibility index (Phi) is 6.29. The highest BCUT2D eigenvalue weighted by Crippen LogP contribution is 2.32. The van der Waals surface area contributed by atoms with Crippen molar-refractivity contribution in [2.24, 2.45) is 0 Å². The van der Waals surface area contributed by atoms with Gasteiger partial charge in [-0.25, -0.2) is 4.98 Å². The lowest BCUT2D eigenvalue weighted by Crippen LogP contribution is -2.19. The van der Waals surface area contributed by atoms with Crippen LogP contribution in [0.3, 0.4) is 0 Å². The van der Waals surface area contributed by atoms with Gasteiger partial charge in [0.1, 0.15) is 17.1 Å². The number of methoxy groups -OCH3 is 1. The molecular weight excluding hydrogens is 390 g/mol. The quantitative estimate of drug-likeness (QED) is 0.545. The number of Topliss-reactive ketones (excluding diaryl/α,β-unsaturated/α-hetero) is 1. The molecule has 2 aromatic carbocycles. The molecule has 148 valence electrons. The molecule has 0 bridgehead atoms. The summed E-state index contributed by atoms with van der Waals surface area (Å²) in [5, 5.41) is 9.95. The van der Waals surface area contributed by atoms with Crippen molar-refractivity contribution in [3.05, 3.63) is 82.5 Å². The minimum Gasteiger partial charge on any atom is -0.494 e. The lowest BCUT2D eigenvalue weighted by molar-refractivity contribution is -0.137. The molecule has 3 aromatic rings. The van der Waals surface area contributed by atoms with E-state index in [2.05, 4.69) is 4.98 Å². The molecule has 29 heavy (non-hydrogen) atoms. The van der Waals surface area contributed by atoms with Gasteiger partial charge in [0.2, 0.25) is 0 Å². The first-order valence-corrected chi connectivity index (χ1v) is 9.41. The van der Waals surface area contributed by atoms with Gasteiger partial charge in [0.15, 0.2) is 5.78 Å². The molecule has 1 N–H and O–H groups in total. The van der Waals surface area contributed by atoms with Gasteiger partial charge in [-0.15, -0.1) is 0 Å². The van der Waals surface area contributed by atoms with Crippen molar-refractivity contribution in [2.75, 3.05) is 7.11 Å². The molecule has 0 aliphatic heterocycles. The number of hydrogen-bond acceptors (Lipinski definition) is 4. The standard InChI is InChI=1S/C23H20ClNO4/c1-14-5-3-4-6-17(14)18(13-21(26)27)23(28)19-11-12-20(29-2)22(25-19)15-7-9-16(24)10-8-15/h3-12,18H,13H2,1-2H3,(H,26,27). The van der Waals surface area contributed by atoms with Crippen LogP contribution in [0.1, 0.15) is 34.0 Å².